The van der Waals surface area contributed by atoms with E-state index in [-0.39, 0.29) is 6.29 Å². The second-order valence-corrected chi connectivity index (χ2v) is 10.7. The number of carbonyl (C=O) groups is 1. The van der Waals surface area contributed by atoms with Gasteiger partial charge in [-0.3, -0.25) is 4.79 Å². The Bertz CT molecular complexity index is 881. The SMILES string of the molecule is CCCCCCSc1nc(C)cc(C(OCC)OCC)n1.CCCCCCSc1nc(C)cc(C=O)n1. The smallest absolute Gasteiger partial charge is 0.201 e. The average molecular weight is 551 g/mol. The molecule has 0 spiro atoms. The van der Waals surface area contributed by atoms with Crippen LogP contribution in [0.1, 0.15) is 113 Å². The monoisotopic (exact) mass is 550 g/mol. The number of aldehydes is 1. The van der Waals surface area contributed by atoms with Crippen molar-refractivity contribution in [3.05, 3.63) is 34.9 Å². The van der Waals surface area contributed by atoms with Crippen LogP contribution in [0.3, 0.4) is 0 Å². The fourth-order valence-electron chi connectivity index (χ4n) is 3.35. The Labute approximate surface area is 232 Å². The van der Waals surface area contributed by atoms with E-state index in [0.29, 0.717) is 18.9 Å². The zero-order valence-electron chi connectivity index (χ0n) is 23.6. The van der Waals surface area contributed by atoms with Crippen LogP contribution in [0.25, 0.3) is 0 Å². The summed E-state index contributed by atoms with van der Waals surface area (Å²) >= 11 is 3.35. The molecular weight excluding hydrogens is 504 g/mol. The number of unbranched alkanes of at least 4 members (excludes halogenated alkanes) is 6. The van der Waals surface area contributed by atoms with Gasteiger partial charge in [-0.15, -0.1) is 0 Å². The Balaban J connectivity index is 0.000000384. The molecule has 208 valence electrons. The third-order valence-corrected chi connectivity index (χ3v) is 7.03. The van der Waals surface area contributed by atoms with Gasteiger partial charge in [0.1, 0.15) is 11.4 Å². The fraction of sp³-hybridized carbons (Fsp3) is 0.679. The lowest BCUT2D eigenvalue weighted by Gasteiger charge is -2.17. The minimum atomic E-state index is -0.388. The summed E-state index contributed by atoms with van der Waals surface area (Å²) in [4.78, 5) is 28.2. The third kappa shape index (κ3) is 15.5. The van der Waals surface area contributed by atoms with Crippen LogP contribution in [-0.4, -0.2) is 50.9 Å². The van der Waals surface area contributed by atoms with Gasteiger partial charge in [-0.2, -0.15) is 0 Å². The van der Waals surface area contributed by atoms with Gasteiger partial charge in [0, 0.05) is 36.1 Å². The minimum absolute atomic E-state index is 0.388. The van der Waals surface area contributed by atoms with Gasteiger partial charge >= 0.3 is 0 Å². The molecule has 0 N–H and O–H groups in total. The molecule has 0 unspecified atom stereocenters. The van der Waals surface area contributed by atoms with Crippen molar-refractivity contribution in [3.63, 3.8) is 0 Å². The maximum absolute atomic E-state index is 10.6. The van der Waals surface area contributed by atoms with Crippen LogP contribution >= 0.6 is 23.5 Å². The van der Waals surface area contributed by atoms with Gasteiger partial charge in [-0.25, -0.2) is 19.9 Å². The van der Waals surface area contributed by atoms with E-state index < -0.39 is 0 Å². The zero-order valence-corrected chi connectivity index (χ0v) is 25.3. The number of nitrogens with zero attached hydrogens (tertiary/aromatic N) is 4. The van der Waals surface area contributed by atoms with Crippen LogP contribution in [0.15, 0.2) is 22.4 Å². The van der Waals surface area contributed by atoms with Gasteiger partial charge in [0.05, 0.1) is 0 Å². The highest BCUT2D eigenvalue weighted by atomic mass is 32.2. The molecule has 7 nitrogen and oxygen atoms in total. The molecule has 0 bridgehead atoms. The van der Waals surface area contributed by atoms with E-state index in [0.717, 1.165) is 45.2 Å². The van der Waals surface area contributed by atoms with Gasteiger partial charge in [0.15, 0.2) is 16.6 Å². The summed E-state index contributed by atoms with van der Waals surface area (Å²) in [5.74, 6) is 2.10. The van der Waals surface area contributed by atoms with Gasteiger partial charge < -0.3 is 9.47 Å². The highest BCUT2D eigenvalue weighted by Crippen LogP contribution is 2.22. The largest absolute Gasteiger partial charge is 0.347 e. The Kier molecular flexibility index (Phi) is 19.4. The molecule has 2 aromatic rings. The molecule has 0 saturated carbocycles. The van der Waals surface area contributed by atoms with Crippen LogP contribution in [0.5, 0.6) is 0 Å². The molecule has 37 heavy (non-hydrogen) atoms. The van der Waals surface area contributed by atoms with E-state index in [9.17, 15) is 4.79 Å². The number of aryl methyl sites for hydroxylation is 2. The molecule has 9 heteroatoms. The summed E-state index contributed by atoms with van der Waals surface area (Å²) in [5, 5.41) is 1.55. The van der Waals surface area contributed by atoms with Crippen molar-refractivity contribution in [1.82, 2.24) is 19.9 Å². The average Bonchev–Trinajstić information content (AvgIpc) is 2.88. The molecule has 2 aromatic heterocycles. The summed E-state index contributed by atoms with van der Waals surface area (Å²) in [6, 6.07) is 3.64. The Morgan fingerprint density at radius 2 is 1.24 bits per heavy atom. The second kappa shape index (κ2) is 21.4. The quantitative estimate of drug-likeness (QED) is 0.0606. The Morgan fingerprint density at radius 1 is 0.730 bits per heavy atom. The molecule has 0 aliphatic carbocycles. The number of thioether (sulfide) groups is 2. The van der Waals surface area contributed by atoms with Crippen LogP contribution in [-0.2, 0) is 9.47 Å². The first-order chi connectivity index (χ1) is 18.0. The van der Waals surface area contributed by atoms with E-state index in [1.165, 1.54) is 51.4 Å². The van der Waals surface area contributed by atoms with Crippen molar-refractivity contribution in [3.8, 4) is 0 Å². The molecule has 0 atom stereocenters. The first-order valence-corrected chi connectivity index (χ1v) is 15.6. The van der Waals surface area contributed by atoms with Crippen molar-refractivity contribution in [1.29, 1.82) is 0 Å². The van der Waals surface area contributed by atoms with E-state index in [2.05, 4.69) is 33.8 Å². The summed E-state index contributed by atoms with van der Waals surface area (Å²) < 4.78 is 11.2. The first kappa shape index (κ1) is 33.5. The molecule has 2 heterocycles. The number of rotatable bonds is 18. The highest BCUT2D eigenvalue weighted by Gasteiger charge is 2.15. The molecule has 0 saturated heterocycles. The summed E-state index contributed by atoms with van der Waals surface area (Å²) in [6.45, 7) is 13.4. The standard InChI is InChI=1S/C16H28N2O2S.C12H18N2OS/c1-5-8-9-10-11-21-16-17-13(4)12-14(18-16)15(19-6-2)20-7-3;1-3-4-5-6-7-16-12-13-10(2)8-11(9-15)14-12/h12,15H,5-11H2,1-4H3;8-9H,3-7H2,1-2H3. The Hall–Kier alpha value is -1.55. The van der Waals surface area contributed by atoms with Crippen LogP contribution < -0.4 is 0 Å². The lowest BCUT2D eigenvalue weighted by atomic mass is 10.2. The predicted molar refractivity (Wildman–Crippen MR) is 155 cm³/mol. The molecule has 0 aliphatic rings. The van der Waals surface area contributed by atoms with Gasteiger partial charge in [0.25, 0.3) is 0 Å². The molecule has 2 rings (SSSR count). The number of carbonyl (C=O) groups excluding carboxylic acids is 1. The zero-order chi connectivity index (χ0) is 27.3. The normalized spacial score (nSPS) is 10.9. The van der Waals surface area contributed by atoms with Gasteiger partial charge in [-0.05, 0) is 52.7 Å². The summed E-state index contributed by atoms with van der Waals surface area (Å²) in [5.41, 5.74) is 3.11. The minimum Gasteiger partial charge on any atom is -0.347 e. The van der Waals surface area contributed by atoms with E-state index in [4.69, 9.17) is 9.47 Å². The van der Waals surface area contributed by atoms with Crippen molar-refractivity contribution in [2.75, 3.05) is 24.7 Å². The van der Waals surface area contributed by atoms with Crippen molar-refractivity contribution in [2.24, 2.45) is 0 Å². The predicted octanol–water partition coefficient (Wildman–Crippen LogP) is 7.80. The fourth-order valence-corrected chi connectivity index (χ4v) is 5.17. The van der Waals surface area contributed by atoms with Crippen molar-refractivity contribution in [2.45, 2.75) is 110 Å². The van der Waals surface area contributed by atoms with E-state index in [1.54, 1.807) is 29.6 Å². The number of hydrogen-bond donors (Lipinski definition) is 0. The second-order valence-electron chi connectivity index (χ2n) is 8.61. The lowest BCUT2D eigenvalue weighted by molar-refractivity contribution is -0.143. The molecule has 0 aromatic carbocycles. The number of hydrogen-bond acceptors (Lipinski definition) is 9. The Morgan fingerprint density at radius 3 is 1.73 bits per heavy atom. The third-order valence-electron chi connectivity index (χ3n) is 5.16. The van der Waals surface area contributed by atoms with Gasteiger partial charge in [0.2, 0.25) is 6.29 Å². The molecule has 0 fully saturated rings. The molecule has 0 amide bonds. The van der Waals surface area contributed by atoms with Crippen LogP contribution in [0.4, 0.5) is 0 Å². The summed E-state index contributed by atoms with van der Waals surface area (Å²) in [6.07, 6.45) is 10.4. The molecule has 0 aliphatic heterocycles. The van der Waals surface area contributed by atoms with E-state index in [1.807, 2.05) is 33.8 Å². The molecule has 0 radical (unpaired) electrons. The number of aromatic nitrogens is 4. The summed E-state index contributed by atoms with van der Waals surface area (Å²) in [7, 11) is 0. The van der Waals surface area contributed by atoms with Crippen molar-refractivity contribution >= 4 is 29.8 Å². The van der Waals surface area contributed by atoms with Crippen LogP contribution in [0.2, 0.25) is 0 Å². The maximum Gasteiger partial charge on any atom is 0.201 e. The highest BCUT2D eigenvalue weighted by molar-refractivity contribution is 7.99. The first-order valence-electron chi connectivity index (χ1n) is 13.6. The van der Waals surface area contributed by atoms with Crippen molar-refractivity contribution < 1.29 is 14.3 Å². The topological polar surface area (TPSA) is 87.1 Å². The van der Waals surface area contributed by atoms with Gasteiger partial charge in [-0.1, -0.05) is 75.9 Å². The molecular formula is C28H46N4O3S2. The van der Waals surface area contributed by atoms with Crippen LogP contribution in [0, 0.1) is 13.8 Å². The maximum atomic E-state index is 10.6. The lowest BCUT2D eigenvalue weighted by Crippen LogP contribution is -2.12. The van der Waals surface area contributed by atoms with E-state index >= 15 is 0 Å². The number of ether oxygens (including phenoxy) is 2.